The van der Waals surface area contributed by atoms with Crippen molar-refractivity contribution in [2.24, 2.45) is 5.92 Å². The number of carbonyl (C=O) groups is 2. The first-order chi connectivity index (χ1) is 9.11. The quantitative estimate of drug-likeness (QED) is 0.786. The van der Waals surface area contributed by atoms with Gasteiger partial charge in [0.25, 0.3) is 5.91 Å². The first-order valence-corrected chi connectivity index (χ1v) is 6.31. The van der Waals surface area contributed by atoms with E-state index < -0.39 is 0 Å². The van der Waals surface area contributed by atoms with Crippen molar-refractivity contribution in [2.45, 2.75) is 12.8 Å². The van der Waals surface area contributed by atoms with E-state index in [1.54, 1.807) is 11.9 Å². The molecule has 0 saturated carbocycles. The summed E-state index contributed by atoms with van der Waals surface area (Å²) in [5, 5.41) is 2.62. The Labute approximate surface area is 110 Å². The minimum Gasteiger partial charge on any atom is -0.359 e. The average molecular weight is 263 g/mol. The van der Waals surface area contributed by atoms with Crippen LogP contribution >= 0.6 is 0 Å². The molecule has 2 amide bonds. The van der Waals surface area contributed by atoms with Crippen molar-refractivity contribution in [2.75, 3.05) is 20.1 Å². The molecule has 6 nitrogen and oxygen atoms in total. The van der Waals surface area contributed by atoms with Crippen LogP contribution in [0.25, 0.3) is 0 Å². The molecule has 6 heteroatoms. The zero-order chi connectivity index (χ0) is 13.8. The van der Waals surface area contributed by atoms with Gasteiger partial charge in [0.2, 0.25) is 11.5 Å². The molecule has 1 saturated heterocycles. The zero-order valence-corrected chi connectivity index (χ0v) is 10.8. The molecule has 1 aliphatic rings. The molecule has 102 valence electrons. The molecular weight excluding hydrogens is 246 g/mol. The fourth-order valence-electron chi connectivity index (χ4n) is 2.31. The van der Waals surface area contributed by atoms with Crippen LogP contribution in [0, 0.1) is 5.92 Å². The Morgan fingerprint density at radius 2 is 2.21 bits per heavy atom. The molecule has 0 aromatic carbocycles. The summed E-state index contributed by atoms with van der Waals surface area (Å²) in [7, 11) is 1.60. The molecule has 0 aliphatic carbocycles. The summed E-state index contributed by atoms with van der Waals surface area (Å²) in [6, 6.07) is 2.83. The second-order valence-corrected chi connectivity index (χ2v) is 4.65. The average Bonchev–Trinajstić information content (AvgIpc) is 2.46. The molecule has 1 aromatic rings. The summed E-state index contributed by atoms with van der Waals surface area (Å²) in [5.74, 6) is -0.325. The van der Waals surface area contributed by atoms with Crippen molar-refractivity contribution in [3.05, 3.63) is 34.2 Å². The Hall–Kier alpha value is -2.11. The van der Waals surface area contributed by atoms with E-state index in [1.165, 1.54) is 18.3 Å². The minimum atomic E-state index is -0.238. The SMILES string of the molecule is CNC(=O)C1CCCN(C(=O)c2ccc(=O)[nH]c2)C1. The van der Waals surface area contributed by atoms with Gasteiger partial charge in [-0.1, -0.05) is 0 Å². The number of aromatic nitrogens is 1. The summed E-state index contributed by atoms with van der Waals surface area (Å²) in [6.07, 6.45) is 3.02. The number of amides is 2. The number of aromatic amines is 1. The summed E-state index contributed by atoms with van der Waals surface area (Å²) in [6.45, 7) is 1.07. The number of nitrogens with one attached hydrogen (secondary N) is 2. The van der Waals surface area contributed by atoms with Crippen LogP contribution in [-0.2, 0) is 4.79 Å². The van der Waals surface area contributed by atoms with Gasteiger partial charge in [-0.2, -0.15) is 0 Å². The van der Waals surface area contributed by atoms with E-state index >= 15 is 0 Å². The molecule has 1 aliphatic heterocycles. The molecule has 0 spiro atoms. The van der Waals surface area contributed by atoms with E-state index in [2.05, 4.69) is 10.3 Å². The second kappa shape index (κ2) is 5.69. The van der Waals surface area contributed by atoms with E-state index in [1.807, 2.05) is 0 Å². The number of hydrogen-bond donors (Lipinski definition) is 2. The van der Waals surface area contributed by atoms with Crippen molar-refractivity contribution >= 4 is 11.8 Å². The topological polar surface area (TPSA) is 82.3 Å². The number of likely N-dealkylation sites (tertiary alicyclic amines) is 1. The fourth-order valence-corrected chi connectivity index (χ4v) is 2.31. The van der Waals surface area contributed by atoms with E-state index in [0.717, 1.165) is 12.8 Å². The van der Waals surface area contributed by atoms with Crippen LogP contribution in [0.1, 0.15) is 23.2 Å². The number of pyridine rings is 1. The van der Waals surface area contributed by atoms with Gasteiger partial charge in [-0.05, 0) is 18.9 Å². The minimum absolute atomic E-state index is 0.0287. The predicted molar refractivity (Wildman–Crippen MR) is 69.8 cm³/mol. The Morgan fingerprint density at radius 1 is 1.42 bits per heavy atom. The van der Waals surface area contributed by atoms with Crippen LogP contribution in [0.15, 0.2) is 23.1 Å². The molecular formula is C13H17N3O3. The first kappa shape index (κ1) is 13.3. The van der Waals surface area contributed by atoms with E-state index in [9.17, 15) is 14.4 Å². The van der Waals surface area contributed by atoms with Gasteiger partial charge in [-0.3, -0.25) is 14.4 Å². The van der Waals surface area contributed by atoms with Gasteiger partial charge in [-0.15, -0.1) is 0 Å². The van der Waals surface area contributed by atoms with Gasteiger partial charge in [0, 0.05) is 32.4 Å². The summed E-state index contributed by atoms with van der Waals surface area (Å²) >= 11 is 0. The molecule has 19 heavy (non-hydrogen) atoms. The van der Waals surface area contributed by atoms with Gasteiger partial charge in [0.05, 0.1) is 11.5 Å². The number of carbonyl (C=O) groups excluding carboxylic acids is 2. The van der Waals surface area contributed by atoms with Crippen molar-refractivity contribution in [3.8, 4) is 0 Å². The van der Waals surface area contributed by atoms with Crippen LogP contribution < -0.4 is 10.9 Å². The maximum atomic E-state index is 12.2. The molecule has 1 atom stereocenters. The molecule has 2 N–H and O–H groups in total. The van der Waals surface area contributed by atoms with E-state index in [-0.39, 0.29) is 23.3 Å². The lowest BCUT2D eigenvalue weighted by Crippen LogP contribution is -2.44. The maximum Gasteiger partial charge on any atom is 0.255 e. The smallest absolute Gasteiger partial charge is 0.255 e. The maximum absolute atomic E-state index is 12.2. The third-order valence-electron chi connectivity index (χ3n) is 3.36. The van der Waals surface area contributed by atoms with Crippen LogP contribution in [0.4, 0.5) is 0 Å². The Kier molecular flexibility index (Phi) is 3.99. The van der Waals surface area contributed by atoms with Crippen LogP contribution in [0.2, 0.25) is 0 Å². The molecule has 0 radical (unpaired) electrons. The number of hydrogen-bond acceptors (Lipinski definition) is 3. The lowest BCUT2D eigenvalue weighted by Gasteiger charge is -2.31. The molecule has 1 unspecified atom stereocenters. The van der Waals surface area contributed by atoms with Gasteiger partial charge >= 0.3 is 0 Å². The van der Waals surface area contributed by atoms with Gasteiger partial charge in [0.1, 0.15) is 0 Å². The van der Waals surface area contributed by atoms with E-state index in [4.69, 9.17) is 0 Å². The van der Waals surface area contributed by atoms with Crippen molar-refractivity contribution < 1.29 is 9.59 Å². The highest BCUT2D eigenvalue weighted by Crippen LogP contribution is 2.18. The van der Waals surface area contributed by atoms with Gasteiger partial charge in [0.15, 0.2) is 0 Å². The second-order valence-electron chi connectivity index (χ2n) is 4.65. The monoisotopic (exact) mass is 263 g/mol. The number of rotatable bonds is 2. The third kappa shape index (κ3) is 3.01. The number of H-pyrrole nitrogens is 1. The Balaban J connectivity index is 2.08. The fraction of sp³-hybridized carbons (Fsp3) is 0.462. The largest absolute Gasteiger partial charge is 0.359 e. The standard InChI is InChI=1S/C13H17N3O3/c1-14-12(18)10-3-2-6-16(8-10)13(19)9-4-5-11(17)15-7-9/h4-5,7,10H,2-3,6,8H2,1H3,(H,14,18)(H,15,17). The lowest BCUT2D eigenvalue weighted by atomic mass is 9.96. The predicted octanol–water partition coefficient (Wildman–Crippen LogP) is -0.0269. The molecule has 0 bridgehead atoms. The first-order valence-electron chi connectivity index (χ1n) is 6.31. The summed E-state index contributed by atoms with van der Waals surface area (Å²) < 4.78 is 0. The molecule has 1 aromatic heterocycles. The van der Waals surface area contributed by atoms with Crippen LogP contribution in [0.3, 0.4) is 0 Å². The summed E-state index contributed by atoms with van der Waals surface area (Å²) in [4.78, 5) is 39.0. The third-order valence-corrected chi connectivity index (χ3v) is 3.36. The Bertz CT molecular complexity index is 518. The van der Waals surface area contributed by atoms with Gasteiger partial charge in [-0.25, -0.2) is 0 Å². The highest BCUT2D eigenvalue weighted by atomic mass is 16.2. The number of piperidine rings is 1. The Morgan fingerprint density at radius 3 is 2.84 bits per heavy atom. The normalized spacial score (nSPS) is 19.0. The zero-order valence-electron chi connectivity index (χ0n) is 10.8. The molecule has 1 fully saturated rings. The van der Waals surface area contributed by atoms with Crippen molar-refractivity contribution in [3.63, 3.8) is 0 Å². The number of nitrogens with zero attached hydrogens (tertiary/aromatic N) is 1. The molecule has 2 rings (SSSR count). The van der Waals surface area contributed by atoms with E-state index in [0.29, 0.717) is 18.7 Å². The van der Waals surface area contributed by atoms with Crippen molar-refractivity contribution in [1.82, 2.24) is 15.2 Å². The molecule has 2 heterocycles. The van der Waals surface area contributed by atoms with Gasteiger partial charge < -0.3 is 15.2 Å². The summed E-state index contributed by atoms with van der Waals surface area (Å²) in [5.41, 5.74) is 0.204. The highest BCUT2D eigenvalue weighted by molar-refractivity contribution is 5.94. The van der Waals surface area contributed by atoms with Crippen LogP contribution in [0.5, 0.6) is 0 Å². The van der Waals surface area contributed by atoms with Crippen molar-refractivity contribution in [1.29, 1.82) is 0 Å². The highest BCUT2D eigenvalue weighted by Gasteiger charge is 2.28. The lowest BCUT2D eigenvalue weighted by molar-refractivity contribution is -0.125. The van der Waals surface area contributed by atoms with Crippen LogP contribution in [-0.4, -0.2) is 41.8 Å².